The number of hydrogen-bond acceptors (Lipinski definition) is 0. The summed E-state index contributed by atoms with van der Waals surface area (Å²) in [6.45, 7) is 22.5. The Kier molecular flexibility index (Phi) is 10.9. The molecule has 0 N–H and O–H groups in total. The maximum Gasteiger partial charge on any atom is -1.00 e. The maximum atomic E-state index is 2.30. The molecule has 2 aliphatic carbocycles. The molecule has 128 valence electrons. The van der Waals surface area contributed by atoms with Crippen molar-refractivity contribution in [3.8, 4) is 0 Å². The monoisotopic (exact) mass is 524 g/mol. The molecule has 0 heterocycles. The Labute approximate surface area is 194 Å². The molecule has 0 aliphatic heterocycles. The smallest absolute Gasteiger partial charge is 1.00 e. The molecule has 0 fully saturated rings. The van der Waals surface area contributed by atoms with E-state index < -0.39 is 0 Å². The molecule has 0 bridgehead atoms. The van der Waals surface area contributed by atoms with Crippen LogP contribution >= 0.6 is 0 Å². The average molecular weight is 526 g/mol. The molecule has 0 nitrogen and oxygen atoms in total. The summed E-state index contributed by atoms with van der Waals surface area (Å²) in [5.74, 6) is 0. The van der Waals surface area contributed by atoms with Gasteiger partial charge in [-0.3, -0.25) is 0 Å². The molecule has 0 aromatic carbocycles. The molecule has 0 aromatic heterocycles. The zero-order valence-corrected chi connectivity index (χ0v) is 23.1. The van der Waals surface area contributed by atoms with Gasteiger partial charge in [0.25, 0.3) is 0 Å². The van der Waals surface area contributed by atoms with Crippen LogP contribution in [0.2, 0.25) is 7.44 Å². The predicted molar refractivity (Wildman–Crippen MR) is 90.2 cm³/mol. The first kappa shape index (κ1) is 27.6. The molecule has 0 amide bonds. The van der Waals surface area contributed by atoms with E-state index in [1.54, 1.807) is 0 Å². The van der Waals surface area contributed by atoms with Crippen LogP contribution in [0.3, 0.4) is 0 Å². The van der Waals surface area contributed by atoms with Crippen LogP contribution in [0.5, 0.6) is 0 Å². The maximum absolute atomic E-state index is 2.30. The Hall–Kier alpha value is 1.35. The van der Waals surface area contributed by atoms with E-state index in [2.05, 4.69) is 110 Å². The minimum atomic E-state index is 0. The number of rotatable bonds is 0. The summed E-state index contributed by atoms with van der Waals surface area (Å²) in [5, 5.41) is 0. The summed E-state index contributed by atoms with van der Waals surface area (Å²) in [5.41, 5.74) is 12.1. The SMILES string of the molecule is CC1=C(C)[C](C)([Ti+3])C(C)=C1C.CC1=C(C)[C](C)([Ti+3])C(C)=C1C.[Br-].[Br-]. The van der Waals surface area contributed by atoms with E-state index in [4.69, 9.17) is 0 Å². The summed E-state index contributed by atoms with van der Waals surface area (Å²) in [6.07, 6.45) is 0. The van der Waals surface area contributed by atoms with Gasteiger partial charge in [0.1, 0.15) is 0 Å². The Morgan fingerprint density at radius 2 is 0.583 bits per heavy atom. The first-order chi connectivity index (χ1) is 9.77. The second-order valence-corrected chi connectivity index (χ2v) is 10.4. The zero-order valence-electron chi connectivity index (χ0n) is 16.8. The molecular formula is C20H30Br2Ti2+4. The Morgan fingerprint density at radius 3 is 0.625 bits per heavy atom. The first-order valence-electron chi connectivity index (χ1n) is 8.00. The molecule has 0 unspecified atom stereocenters. The Morgan fingerprint density at radius 1 is 0.458 bits per heavy atom. The fourth-order valence-electron chi connectivity index (χ4n) is 3.19. The Balaban J connectivity index is 0. The van der Waals surface area contributed by atoms with Gasteiger partial charge in [-0.1, -0.05) is 0 Å². The number of hydrogen-bond donors (Lipinski definition) is 0. The number of halogens is 2. The van der Waals surface area contributed by atoms with Crippen molar-refractivity contribution in [2.75, 3.05) is 0 Å². The quantitative estimate of drug-likeness (QED) is 0.411. The molecule has 0 saturated carbocycles. The number of allylic oxidation sites excluding steroid dienone is 8. The van der Waals surface area contributed by atoms with E-state index in [0.29, 0.717) is 7.44 Å². The molecule has 2 rings (SSSR count). The third-order valence-electron chi connectivity index (χ3n) is 6.38. The van der Waals surface area contributed by atoms with E-state index in [1.165, 1.54) is 44.6 Å². The zero-order chi connectivity index (χ0) is 17.6. The van der Waals surface area contributed by atoms with E-state index in [1.807, 2.05) is 0 Å². The van der Waals surface area contributed by atoms with Gasteiger partial charge in [0.15, 0.2) is 0 Å². The van der Waals surface area contributed by atoms with Gasteiger partial charge in [-0.15, -0.1) is 0 Å². The van der Waals surface area contributed by atoms with Crippen molar-refractivity contribution in [1.82, 2.24) is 0 Å². The summed E-state index contributed by atoms with van der Waals surface area (Å²) in [7, 11) is 0. The molecular weight excluding hydrogens is 496 g/mol. The van der Waals surface area contributed by atoms with Crippen molar-refractivity contribution in [2.45, 2.75) is 76.7 Å². The molecule has 0 aromatic rings. The average Bonchev–Trinajstić information content (AvgIpc) is 2.67. The summed E-state index contributed by atoms with van der Waals surface area (Å²) in [4.78, 5) is 0. The van der Waals surface area contributed by atoms with Crippen molar-refractivity contribution < 1.29 is 74.8 Å². The minimum Gasteiger partial charge on any atom is -1.00 e. The van der Waals surface area contributed by atoms with Crippen LogP contribution in [-0.4, -0.2) is 0 Å². The molecule has 24 heavy (non-hydrogen) atoms. The van der Waals surface area contributed by atoms with Gasteiger partial charge in [-0.25, -0.2) is 0 Å². The van der Waals surface area contributed by atoms with Crippen LogP contribution in [0.4, 0.5) is 0 Å². The Bertz CT molecular complexity index is 522. The van der Waals surface area contributed by atoms with Crippen LogP contribution in [0.15, 0.2) is 44.6 Å². The summed E-state index contributed by atoms with van der Waals surface area (Å²) >= 11 is 4.61. The van der Waals surface area contributed by atoms with Gasteiger partial charge in [-0.2, -0.15) is 0 Å². The standard InChI is InChI=1S/2C10H15.2BrH.2Ti/c2*1-6-7(2)9(4)10(5)8(6)3;;;;/h2*1-5H3;2*1H;;/q;;;;2*+3/p-2. The second-order valence-electron chi connectivity index (χ2n) is 7.25. The van der Waals surface area contributed by atoms with Crippen molar-refractivity contribution in [2.24, 2.45) is 0 Å². The van der Waals surface area contributed by atoms with Crippen molar-refractivity contribution in [3.05, 3.63) is 44.6 Å². The molecule has 0 saturated heterocycles. The third-order valence-corrected chi connectivity index (χ3v) is 8.72. The van der Waals surface area contributed by atoms with Gasteiger partial charge in [-0.05, 0) is 0 Å². The van der Waals surface area contributed by atoms with Crippen LogP contribution in [-0.2, 0) is 40.9 Å². The second kappa shape index (κ2) is 9.52. The van der Waals surface area contributed by atoms with Crippen LogP contribution in [0.25, 0.3) is 0 Å². The largest absolute Gasteiger partial charge is 1.00 e. The molecule has 0 atom stereocenters. The van der Waals surface area contributed by atoms with E-state index in [9.17, 15) is 0 Å². The summed E-state index contributed by atoms with van der Waals surface area (Å²) < 4.78 is 0.627. The van der Waals surface area contributed by atoms with E-state index in [0.717, 1.165) is 0 Å². The van der Waals surface area contributed by atoms with E-state index >= 15 is 0 Å². The molecule has 2 aliphatic rings. The normalized spacial score (nSPS) is 21.6. The van der Waals surface area contributed by atoms with Gasteiger partial charge in [0.05, 0.1) is 0 Å². The van der Waals surface area contributed by atoms with Gasteiger partial charge >= 0.3 is 162 Å². The molecule has 0 spiro atoms. The third kappa shape index (κ3) is 4.79. The first-order valence-corrected chi connectivity index (χ1v) is 9.56. The van der Waals surface area contributed by atoms with Crippen molar-refractivity contribution in [1.29, 1.82) is 0 Å². The summed E-state index contributed by atoms with van der Waals surface area (Å²) in [6, 6.07) is 0. The predicted octanol–water partition coefficient (Wildman–Crippen LogP) is 0.804. The fraction of sp³-hybridized carbons (Fsp3) is 0.600. The van der Waals surface area contributed by atoms with E-state index in [-0.39, 0.29) is 34.0 Å². The van der Waals surface area contributed by atoms with Gasteiger partial charge in [0.2, 0.25) is 0 Å². The van der Waals surface area contributed by atoms with Crippen LogP contribution in [0.1, 0.15) is 69.2 Å². The fourth-order valence-corrected chi connectivity index (χ4v) is 4.36. The molecule has 0 radical (unpaired) electrons. The van der Waals surface area contributed by atoms with Gasteiger partial charge in [0, 0.05) is 0 Å². The van der Waals surface area contributed by atoms with Crippen molar-refractivity contribution >= 4 is 0 Å². The van der Waals surface area contributed by atoms with Gasteiger partial charge < -0.3 is 34.0 Å². The van der Waals surface area contributed by atoms with Crippen LogP contribution < -0.4 is 34.0 Å². The van der Waals surface area contributed by atoms with Crippen molar-refractivity contribution in [3.63, 3.8) is 0 Å². The minimum absolute atomic E-state index is 0. The van der Waals surface area contributed by atoms with Crippen LogP contribution in [0, 0.1) is 0 Å². The molecule has 4 heteroatoms. The topological polar surface area (TPSA) is 0 Å².